The highest BCUT2D eigenvalue weighted by molar-refractivity contribution is 5.95. The van der Waals surface area contributed by atoms with Crippen molar-refractivity contribution >= 4 is 5.78 Å². The summed E-state index contributed by atoms with van der Waals surface area (Å²) < 4.78 is 0. The Bertz CT molecular complexity index is 631. The van der Waals surface area contributed by atoms with Crippen LogP contribution >= 0.6 is 0 Å². The van der Waals surface area contributed by atoms with Gasteiger partial charge < -0.3 is 0 Å². The second kappa shape index (κ2) is 6.07. The first-order valence-electron chi connectivity index (χ1n) is 6.34. The summed E-state index contributed by atoms with van der Waals surface area (Å²) >= 11 is 0. The van der Waals surface area contributed by atoms with Gasteiger partial charge in [-0.1, -0.05) is 18.6 Å². The highest BCUT2D eigenvalue weighted by Crippen LogP contribution is 2.15. The lowest BCUT2D eigenvalue weighted by Crippen LogP contribution is -2.13. The maximum Gasteiger partial charge on any atom is 0.206 e. The first-order chi connectivity index (χ1) is 9.58. The molecule has 2 heterocycles. The van der Waals surface area contributed by atoms with Crippen molar-refractivity contribution < 1.29 is 4.79 Å². The van der Waals surface area contributed by atoms with E-state index in [0.29, 0.717) is 5.69 Å². The zero-order valence-corrected chi connectivity index (χ0v) is 11.7. The molecule has 4 heteroatoms. The molecule has 100 valence electrons. The van der Waals surface area contributed by atoms with Crippen LogP contribution in [0.4, 0.5) is 0 Å². The number of rotatable bonds is 4. The summed E-state index contributed by atoms with van der Waals surface area (Å²) in [5.41, 5.74) is 2.54. The van der Waals surface area contributed by atoms with E-state index in [9.17, 15) is 4.79 Å². The second-order valence-corrected chi connectivity index (χ2v) is 4.78. The zero-order valence-electron chi connectivity index (χ0n) is 11.7. The van der Waals surface area contributed by atoms with Crippen LogP contribution in [0, 0.1) is 18.2 Å². The number of Topliss-reactive ketones (excluding diaryl/α,β-unsaturated/α-hetero) is 1. The minimum absolute atomic E-state index is 0.0903. The van der Waals surface area contributed by atoms with Crippen molar-refractivity contribution in [1.29, 1.82) is 0 Å². The van der Waals surface area contributed by atoms with Gasteiger partial charge in [-0.3, -0.25) is 4.79 Å². The Balaban J connectivity index is 2.31. The number of carbonyl (C=O) groups excluding carboxylic acids is 1. The second-order valence-electron chi connectivity index (χ2n) is 4.78. The number of aromatic nitrogens is 3. The van der Waals surface area contributed by atoms with Gasteiger partial charge in [-0.2, -0.15) is 0 Å². The Kier molecular flexibility index (Phi) is 4.21. The highest BCUT2D eigenvalue weighted by Gasteiger charge is 2.16. The van der Waals surface area contributed by atoms with Crippen molar-refractivity contribution in [3.05, 3.63) is 54.3 Å². The molecule has 0 saturated carbocycles. The molecule has 4 nitrogen and oxygen atoms in total. The molecule has 1 atom stereocenters. The fourth-order valence-corrected chi connectivity index (χ4v) is 1.84. The summed E-state index contributed by atoms with van der Waals surface area (Å²) in [6.07, 6.45) is 7.71. The smallest absolute Gasteiger partial charge is 0.206 e. The Morgan fingerprint density at radius 1 is 1.40 bits per heavy atom. The van der Waals surface area contributed by atoms with Gasteiger partial charge in [0.1, 0.15) is 0 Å². The Morgan fingerprint density at radius 2 is 2.20 bits per heavy atom. The van der Waals surface area contributed by atoms with Crippen LogP contribution < -0.4 is 0 Å². The average molecular weight is 265 g/mol. The van der Waals surface area contributed by atoms with Crippen LogP contribution in [0.15, 0.2) is 36.2 Å². The third-order valence-electron chi connectivity index (χ3n) is 2.73. The molecule has 2 aromatic heterocycles. The average Bonchev–Trinajstić information content (AvgIpc) is 2.47. The number of hydrogen-bond acceptors (Lipinski definition) is 4. The molecule has 0 aliphatic heterocycles. The minimum atomic E-state index is -0.232. The fourth-order valence-electron chi connectivity index (χ4n) is 1.84. The molecular weight excluding hydrogens is 250 g/mol. The lowest BCUT2D eigenvalue weighted by atomic mass is 10.0. The number of ketones is 1. The van der Waals surface area contributed by atoms with E-state index in [2.05, 4.69) is 27.2 Å². The zero-order chi connectivity index (χ0) is 14.5. The molecule has 0 unspecified atom stereocenters. The summed E-state index contributed by atoms with van der Waals surface area (Å²) in [5.74, 6) is -0.100. The molecule has 0 aromatic carbocycles. The van der Waals surface area contributed by atoms with E-state index in [1.165, 1.54) is 0 Å². The SMILES string of the molecule is CC(C)=C[C@H](C)C(=O)c1nccc(-c2cc#cnc2)n1. The Hall–Kier alpha value is -2.54. The van der Waals surface area contributed by atoms with Gasteiger partial charge in [-0.25, -0.2) is 15.0 Å². The maximum atomic E-state index is 12.3. The van der Waals surface area contributed by atoms with Crippen molar-refractivity contribution in [2.45, 2.75) is 20.8 Å². The van der Waals surface area contributed by atoms with E-state index in [1.807, 2.05) is 26.8 Å². The molecule has 0 fully saturated rings. The number of carbonyl (C=O) groups is 1. The molecule has 0 aliphatic carbocycles. The number of nitrogens with zero attached hydrogens (tertiary/aromatic N) is 3. The summed E-state index contributed by atoms with van der Waals surface area (Å²) in [6, 6.07) is 6.23. The molecule has 0 spiro atoms. The topological polar surface area (TPSA) is 55.7 Å². The standard InChI is InChI=1S/C16H15N3O/c1-11(2)9-12(3)15(20)16-18-8-6-14(19-16)13-5-4-7-17-10-13/h5-6,8-10,12H,1-3H3/t12-/m0/s1. The Morgan fingerprint density at radius 3 is 2.85 bits per heavy atom. The van der Waals surface area contributed by atoms with Crippen LogP contribution in [0.3, 0.4) is 0 Å². The van der Waals surface area contributed by atoms with Gasteiger partial charge in [0.2, 0.25) is 5.78 Å². The van der Waals surface area contributed by atoms with Crippen LogP contribution in [0.2, 0.25) is 0 Å². The Labute approximate surface area is 118 Å². The lowest BCUT2D eigenvalue weighted by Gasteiger charge is -2.06. The van der Waals surface area contributed by atoms with E-state index in [1.54, 1.807) is 24.5 Å². The van der Waals surface area contributed by atoms with Crippen molar-refractivity contribution in [3.63, 3.8) is 0 Å². The third kappa shape index (κ3) is 3.27. The van der Waals surface area contributed by atoms with Gasteiger partial charge in [0.25, 0.3) is 0 Å². The summed E-state index contributed by atoms with van der Waals surface area (Å²) in [5, 5.41) is 0. The predicted molar refractivity (Wildman–Crippen MR) is 75.9 cm³/mol. The molecule has 0 aliphatic rings. The molecule has 0 saturated heterocycles. The van der Waals surface area contributed by atoms with Gasteiger partial charge in [0.15, 0.2) is 5.82 Å². The quantitative estimate of drug-likeness (QED) is 0.630. The van der Waals surface area contributed by atoms with Gasteiger partial charge >= 0.3 is 0 Å². The monoisotopic (exact) mass is 265 g/mol. The molecule has 0 radical (unpaired) electrons. The van der Waals surface area contributed by atoms with E-state index < -0.39 is 0 Å². The molecular formula is C16H15N3O. The summed E-state index contributed by atoms with van der Waals surface area (Å²) in [4.78, 5) is 24.5. The minimum Gasteiger partial charge on any atom is -0.290 e. The number of hydrogen-bond donors (Lipinski definition) is 0. The summed E-state index contributed by atoms with van der Waals surface area (Å²) in [7, 11) is 0. The maximum absolute atomic E-state index is 12.3. The molecule has 0 amide bonds. The van der Waals surface area contributed by atoms with E-state index >= 15 is 0 Å². The first kappa shape index (κ1) is 13.9. The van der Waals surface area contributed by atoms with E-state index in [0.717, 1.165) is 11.1 Å². The predicted octanol–water partition coefficient (Wildman–Crippen LogP) is 2.92. The van der Waals surface area contributed by atoms with Crippen LogP contribution in [0.1, 0.15) is 31.4 Å². The fraction of sp³-hybridized carbons (Fsp3) is 0.250. The van der Waals surface area contributed by atoms with Crippen molar-refractivity contribution in [2.24, 2.45) is 5.92 Å². The van der Waals surface area contributed by atoms with E-state index in [4.69, 9.17) is 0 Å². The van der Waals surface area contributed by atoms with Crippen LogP contribution in [-0.2, 0) is 0 Å². The molecule has 20 heavy (non-hydrogen) atoms. The molecule has 2 aromatic rings. The normalized spacial score (nSPS) is 11.3. The van der Waals surface area contributed by atoms with Gasteiger partial charge in [-0.05, 0) is 26.0 Å². The lowest BCUT2D eigenvalue weighted by molar-refractivity contribution is 0.0942. The van der Waals surface area contributed by atoms with Crippen molar-refractivity contribution in [3.8, 4) is 11.3 Å². The molecule has 0 N–H and O–H groups in total. The van der Waals surface area contributed by atoms with Crippen LogP contribution in [0.5, 0.6) is 0 Å². The van der Waals surface area contributed by atoms with Gasteiger partial charge in [0, 0.05) is 36.1 Å². The van der Waals surface area contributed by atoms with Crippen molar-refractivity contribution in [1.82, 2.24) is 15.0 Å². The molecule has 0 bridgehead atoms. The van der Waals surface area contributed by atoms with Crippen LogP contribution in [0.25, 0.3) is 11.3 Å². The van der Waals surface area contributed by atoms with Gasteiger partial charge in [-0.15, -0.1) is 0 Å². The number of allylic oxidation sites excluding steroid dienone is 2. The molecule has 2 rings (SSSR count). The van der Waals surface area contributed by atoms with E-state index in [-0.39, 0.29) is 17.5 Å². The third-order valence-corrected chi connectivity index (χ3v) is 2.73. The largest absolute Gasteiger partial charge is 0.290 e. The van der Waals surface area contributed by atoms with Crippen LogP contribution in [-0.4, -0.2) is 20.7 Å². The van der Waals surface area contributed by atoms with Crippen molar-refractivity contribution in [2.75, 3.05) is 0 Å². The van der Waals surface area contributed by atoms with Gasteiger partial charge in [0.05, 0.1) is 5.69 Å². The first-order valence-corrected chi connectivity index (χ1v) is 6.34. The summed E-state index contributed by atoms with van der Waals surface area (Å²) in [6.45, 7) is 5.77. The highest BCUT2D eigenvalue weighted by atomic mass is 16.1.